The maximum Gasteiger partial charge on any atom is 0.371 e. The fourth-order valence-corrected chi connectivity index (χ4v) is 3.91. The molecule has 1 aromatic heterocycles. The molecule has 0 bridgehead atoms. The van der Waals surface area contributed by atoms with E-state index < -0.39 is 15.8 Å². The van der Waals surface area contributed by atoms with Crippen LogP contribution in [0.25, 0.3) is 0 Å². The van der Waals surface area contributed by atoms with Crippen molar-refractivity contribution in [3.8, 4) is 0 Å². The van der Waals surface area contributed by atoms with Gasteiger partial charge in [-0.1, -0.05) is 0 Å². The second kappa shape index (κ2) is 5.34. The summed E-state index contributed by atoms with van der Waals surface area (Å²) in [4.78, 5) is 10.8. The van der Waals surface area contributed by atoms with Crippen LogP contribution in [0.15, 0.2) is 10.5 Å². The van der Waals surface area contributed by atoms with Gasteiger partial charge in [0.05, 0.1) is 11.5 Å². The Balaban J connectivity index is 1.97. The van der Waals surface area contributed by atoms with Crippen LogP contribution in [0.2, 0.25) is 0 Å². The highest BCUT2D eigenvalue weighted by Gasteiger charge is 2.24. The van der Waals surface area contributed by atoms with Crippen LogP contribution in [0.3, 0.4) is 0 Å². The first-order chi connectivity index (χ1) is 8.87. The fourth-order valence-electron chi connectivity index (χ4n) is 2.24. The third-order valence-electron chi connectivity index (χ3n) is 3.28. The molecule has 1 atom stereocenters. The lowest BCUT2D eigenvalue weighted by atomic mass is 10.1. The van der Waals surface area contributed by atoms with E-state index in [1.807, 2.05) is 0 Å². The molecule has 106 valence electrons. The molecule has 1 aromatic rings. The van der Waals surface area contributed by atoms with Gasteiger partial charge in [-0.25, -0.2) is 13.2 Å². The summed E-state index contributed by atoms with van der Waals surface area (Å²) in [5, 5.41) is 12.0. The Hall–Kier alpha value is -1.34. The van der Waals surface area contributed by atoms with Gasteiger partial charge in [-0.3, -0.25) is 0 Å². The summed E-state index contributed by atoms with van der Waals surface area (Å²) in [7, 11) is -2.93. The second-order valence-electron chi connectivity index (χ2n) is 4.83. The van der Waals surface area contributed by atoms with Gasteiger partial charge >= 0.3 is 5.97 Å². The largest absolute Gasteiger partial charge is 0.475 e. The van der Waals surface area contributed by atoms with E-state index in [0.29, 0.717) is 18.7 Å². The van der Waals surface area contributed by atoms with Crippen LogP contribution in [-0.2, 0) is 16.4 Å². The predicted octanol–water partition coefficient (Wildman–Crippen LogP) is 0.953. The number of sulfone groups is 1. The Morgan fingerprint density at radius 3 is 2.89 bits per heavy atom. The van der Waals surface area contributed by atoms with Crippen LogP contribution >= 0.6 is 0 Å². The molecule has 19 heavy (non-hydrogen) atoms. The zero-order chi connectivity index (χ0) is 14.0. The van der Waals surface area contributed by atoms with Gasteiger partial charge in [0, 0.05) is 18.2 Å². The number of carbonyl (C=O) groups is 1. The summed E-state index contributed by atoms with van der Waals surface area (Å²) in [6.07, 6.45) is 1.49. The molecule has 1 aliphatic rings. The van der Waals surface area contributed by atoms with Gasteiger partial charge in [-0.2, -0.15) is 0 Å². The van der Waals surface area contributed by atoms with Crippen molar-refractivity contribution >= 4 is 15.8 Å². The van der Waals surface area contributed by atoms with Crippen molar-refractivity contribution in [1.29, 1.82) is 0 Å². The molecule has 6 nitrogen and oxygen atoms in total. The number of carboxylic acid groups (broad SMARTS) is 1. The van der Waals surface area contributed by atoms with E-state index in [1.165, 1.54) is 6.07 Å². The minimum atomic E-state index is -2.93. The average molecular weight is 287 g/mol. The van der Waals surface area contributed by atoms with Gasteiger partial charge in [0.1, 0.15) is 5.76 Å². The van der Waals surface area contributed by atoms with Gasteiger partial charge in [0.15, 0.2) is 9.84 Å². The second-order valence-corrected chi connectivity index (χ2v) is 7.06. The summed E-state index contributed by atoms with van der Waals surface area (Å²) in [5.74, 6) is -0.238. The average Bonchev–Trinajstić information content (AvgIpc) is 2.67. The number of hydrogen-bond donors (Lipinski definition) is 2. The van der Waals surface area contributed by atoms with Crippen LogP contribution < -0.4 is 5.32 Å². The maximum atomic E-state index is 11.5. The Kier molecular flexibility index (Phi) is 3.96. The van der Waals surface area contributed by atoms with Gasteiger partial charge in [0.2, 0.25) is 5.76 Å². The number of aromatic carboxylic acids is 1. The van der Waals surface area contributed by atoms with Crippen molar-refractivity contribution in [2.45, 2.75) is 32.4 Å². The number of aryl methyl sites for hydroxylation is 1. The molecule has 1 saturated heterocycles. The van der Waals surface area contributed by atoms with E-state index in [9.17, 15) is 13.2 Å². The van der Waals surface area contributed by atoms with Crippen molar-refractivity contribution in [3.05, 3.63) is 23.2 Å². The highest BCUT2D eigenvalue weighted by molar-refractivity contribution is 7.91. The first-order valence-electron chi connectivity index (χ1n) is 6.14. The zero-order valence-electron chi connectivity index (χ0n) is 10.7. The highest BCUT2D eigenvalue weighted by atomic mass is 32.2. The number of furan rings is 1. The molecule has 7 heteroatoms. The molecule has 1 unspecified atom stereocenters. The number of carboxylic acids is 1. The van der Waals surface area contributed by atoms with Crippen LogP contribution in [0.5, 0.6) is 0 Å². The fraction of sp³-hybridized carbons (Fsp3) is 0.583. The molecule has 1 fully saturated rings. The lowest BCUT2D eigenvalue weighted by Gasteiger charge is -2.22. The van der Waals surface area contributed by atoms with Gasteiger partial charge in [-0.15, -0.1) is 0 Å². The molecule has 0 aliphatic carbocycles. The summed E-state index contributed by atoms with van der Waals surface area (Å²) in [6, 6.07) is 1.41. The van der Waals surface area contributed by atoms with Crippen molar-refractivity contribution < 1.29 is 22.7 Å². The number of hydrogen-bond acceptors (Lipinski definition) is 5. The zero-order valence-corrected chi connectivity index (χ0v) is 11.5. The van der Waals surface area contributed by atoms with Crippen molar-refractivity contribution in [3.63, 3.8) is 0 Å². The Morgan fingerprint density at radius 1 is 1.58 bits per heavy atom. The normalized spacial score (nSPS) is 22.3. The van der Waals surface area contributed by atoms with E-state index in [2.05, 4.69) is 5.32 Å². The van der Waals surface area contributed by atoms with Gasteiger partial charge in [0.25, 0.3) is 0 Å². The van der Waals surface area contributed by atoms with Crippen molar-refractivity contribution in [1.82, 2.24) is 5.32 Å². The first-order valence-corrected chi connectivity index (χ1v) is 7.96. The molecule has 0 spiro atoms. The summed E-state index contributed by atoms with van der Waals surface area (Å²) in [6.45, 7) is 2.11. The molecule has 0 aromatic carbocycles. The lowest BCUT2D eigenvalue weighted by Crippen LogP contribution is -2.39. The Morgan fingerprint density at radius 2 is 2.32 bits per heavy atom. The van der Waals surface area contributed by atoms with Crippen LogP contribution in [-0.4, -0.2) is 37.0 Å². The predicted molar refractivity (Wildman–Crippen MR) is 68.9 cm³/mol. The highest BCUT2D eigenvalue weighted by Crippen LogP contribution is 2.16. The molecule has 1 aliphatic heterocycles. The molecular weight excluding hydrogens is 270 g/mol. The van der Waals surface area contributed by atoms with Crippen LogP contribution in [0, 0.1) is 6.92 Å². The van der Waals surface area contributed by atoms with Crippen LogP contribution in [0.4, 0.5) is 0 Å². The molecule has 2 rings (SSSR count). The SMILES string of the molecule is Cc1oc(C(=O)O)cc1CNC1CCCS(=O)(=O)C1. The molecular formula is C12H17NO5S. The minimum Gasteiger partial charge on any atom is -0.475 e. The number of rotatable bonds is 4. The first kappa shape index (κ1) is 14.1. The van der Waals surface area contributed by atoms with E-state index >= 15 is 0 Å². The molecule has 0 saturated carbocycles. The molecule has 0 amide bonds. The van der Waals surface area contributed by atoms with E-state index in [4.69, 9.17) is 9.52 Å². The lowest BCUT2D eigenvalue weighted by molar-refractivity contribution is 0.0661. The molecule has 2 heterocycles. The summed E-state index contributed by atoms with van der Waals surface area (Å²) in [5.41, 5.74) is 0.750. The van der Waals surface area contributed by atoms with E-state index in [0.717, 1.165) is 12.0 Å². The van der Waals surface area contributed by atoms with Crippen molar-refractivity contribution in [2.75, 3.05) is 11.5 Å². The van der Waals surface area contributed by atoms with Gasteiger partial charge < -0.3 is 14.8 Å². The van der Waals surface area contributed by atoms with Gasteiger partial charge in [-0.05, 0) is 25.8 Å². The third-order valence-corrected chi connectivity index (χ3v) is 5.10. The van der Waals surface area contributed by atoms with E-state index in [-0.39, 0.29) is 23.3 Å². The van der Waals surface area contributed by atoms with Crippen molar-refractivity contribution in [2.24, 2.45) is 0 Å². The minimum absolute atomic E-state index is 0.0682. The quantitative estimate of drug-likeness (QED) is 0.856. The Labute approximate surface area is 111 Å². The molecule has 2 N–H and O–H groups in total. The topological polar surface area (TPSA) is 96.6 Å². The third kappa shape index (κ3) is 3.57. The summed E-state index contributed by atoms with van der Waals surface area (Å²) < 4.78 is 28.1. The van der Waals surface area contributed by atoms with E-state index in [1.54, 1.807) is 6.92 Å². The summed E-state index contributed by atoms with van der Waals surface area (Å²) >= 11 is 0. The smallest absolute Gasteiger partial charge is 0.371 e. The monoisotopic (exact) mass is 287 g/mol. The van der Waals surface area contributed by atoms with Crippen LogP contribution in [0.1, 0.15) is 34.7 Å². The molecule has 0 radical (unpaired) electrons. The standard InChI is InChI=1S/C12H17NO5S/c1-8-9(5-11(18-8)12(14)15)6-13-10-3-2-4-19(16,17)7-10/h5,10,13H,2-4,6-7H2,1H3,(H,14,15). The number of nitrogens with one attached hydrogen (secondary N) is 1. The maximum absolute atomic E-state index is 11.5. The Bertz CT molecular complexity index is 575.